The third-order valence-electron chi connectivity index (χ3n) is 3.42. The van der Waals surface area contributed by atoms with Crippen LogP contribution in [0.3, 0.4) is 0 Å². The quantitative estimate of drug-likeness (QED) is 0.717. The Kier molecular flexibility index (Phi) is 4.22. The summed E-state index contributed by atoms with van der Waals surface area (Å²) < 4.78 is 69.5. The summed E-state index contributed by atoms with van der Waals surface area (Å²) in [6.07, 6.45) is -2.41. The van der Waals surface area contributed by atoms with Gasteiger partial charge in [0.15, 0.2) is 0 Å². The smallest absolute Gasteiger partial charge is 0.416 e. The molecule has 2 heterocycles. The molecule has 3 rings (SSSR count). The summed E-state index contributed by atoms with van der Waals surface area (Å²) in [5.74, 6) is -0.997. The van der Waals surface area contributed by atoms with Crippen molar-refractivity contribution < 1.29 is 26.7 Å². The molecule has 0 atom stereocenters. The molecule has 0 fully saturated rings. The van der Waals surface area contributed by atoms with Gasteiger partial charge >= 0.3 is 18.5 Å². The number of ether oxygens (including phenoxy) is 1. The van der Waals surface area contributed by atoms with Crippen LogP contribution in [-0.4, -0.2) is 21.1 Å². The number of nitrogens with zero attached hydrogens (tertiary/aromatic N) is 2. The van der Waals surface area contributed by atoms with E-state index in [1.165, 1.54) is 18.3 Å². The van der Waals surface area contributed by atoms with Crippen LogP contribution in [0.1, 0.15) is 5.56 Å². The maximum atomic E-state index is 13.1. The maximum Gasteiger partial charge on any atom is 0.416 e. The fraction of sp³-hybridized carbons (Fsp3) is 0.133. The van der Waals surface area contributed by atoms with Crippen LogP contribution in [0.15, 0.2) is 46.2 Å². The summed E-state index contributed by atoms with van der Waals surface area (Å²) in [5.41, 5.74) is -4.09. The van der Waals surface area contributed by atoms with Gasteiger partial charge in [0.05, 0.1) is 23.0 Å². The summed E-state index contributed by atoms with van der Waals surface area (Å²) in [7, 11) is 0. The van der Waals surface area contributed by atoms with E-state index in [1.807, 2.05) is 4.98 Å². The highest BCUT2D eigenvalue weighted by Crippen LogP contribution is 2.35. The van der Waals surface area contributed by atoms with Crippen molar-refractivity contribution in [2.45, 2.75) is 12.8 Å². The standard InChI is InChI=1S/C15H8F5N3O3/c16-13(17)26-10-5-7(15(18,19)20)4-9-11(10)12(24)22-14(25)23(9)8-2-1-3-21-6-8/h1-6,13H,(H,22,24,25). The van der Waals surface area contributed by atoms with Gasteiger partial charge in [-0.15, -0.1) is 0 Å². The normalized spacial score (nSPS) is 11.9. The number of pyridine rings is 1. The Morgan fingerprint density at radius 3 is 2.50 bits per heavy atom. The summed E-state index contributed by atoms with van der Waals surface area (Å²) in [6.45, 7) is -3.47. The molecule has 0 aliphatic heterocycles. The number of aromatic amines is 1. The second-order valence-electron chi connectivity index (χ2n) is 5.05. The summed E-state index contributed by atoms with van der Waals surface area (Å²) >= 11 is 0. The first kappa shape index (κ1) is 17.6. The number of rotatable bonds is 3. The van der Waals surface area contributed by atoms with E-state index in [0.29, 0.717) is 6.07 Å². The molecule has 1 aromatic carbocycles. The number of alkyl halides is 5. The fourth-order valence-electron chi connectivity index (χ4n) is 2.43. The Balaban J connectivity index is 2.49. The highest BCUT2D eigenvalue weighted by atomic mass is 19.4. The second kappa shape index (κ2) is 6.24. The molecule has 3 aromatic rings. The number of halogens is 5. The first-order chi connectivity index (χ1) is 12.2. The van der Waals surface area contributed by atoms with Crippen molar-refractivity contribution in [1.29, 1.82) is 0 Å². The van der Waals surface area contributed by atoms with Crippen molar-refractivity contribution in [3.05, 3.63) is 63.1 Å². The van der Waals surface area contributed by atoms with E-state index in [-0.39, 0.29) is 11.8 Å². The molecule has 136 valence electrons. The molecule has 0 spiro atoms. The zero-order valence-corrected chi connectivity index (χ0v) is 12.6. The molecule has 2 aromatic heterocycles. The van der Waals surface area contributed by atoms with Crippen molar-refractivity contribution in [1.82, 2.24) is 14.5 Å². The topological polar surface area (TPSA) is 77.0 Å². The third-order valence-corrected chi connectivity index (χ3v) is 3.42. The van der Waals surface area contributed by atoms with E-state index in [4.69, 9.17) is 0 Å². The number of hydrogen-bond acceptors (Lipinski definition) is 4. The maximum absolute atomic E-state index is 13.1. The Bertz CT molecular complexity index is 1070. The molecule has 0 aliphatic rings. The fourth-order valence-corrected chi connectivity index (χ4v) is 2.43. The average molecular weight is 373 g/mol. The molecular formula is C15H8F5N3O3. The summed E-state index contributed by atoms with van der Waals surface area (Å²) in [4.78, 5) is 29.8. The minimum Gasteiger partial charge on any atom is -0.434 e. The molecule has 26 heavy (non-hydrogen) atoms. The lowest BCUT2D eigenvalue weighted by molar-refractivity contribution is -0.137. The molecule has 1 N–H and O–H groups in total. The van der Waals surface area contributed by atoms with Crippen molar-refractivity contribution in [2.24, 2.45) is 0 Å². The Morgan fingerprint density at radius 2 is 1.92 bits per heavy atom. The van der Waals surface area contributed by atoms with Crippen molar-refractivity contribution in [2.75, 3.05) is 0 Å². The molecule has 0 aliphatic carbocycles. The van der Waals surface area contributed by atoms with E-state index in [9.17, 15) is 31.5 Å². The van der Waals surface area contributed by atoms with Crippen LogP contribution < -0.4 is 16.0 Å². The predicted octanol–water partition coefficient (Wildman–Crippen LogP) is 2.69. The first-order valence-electron chi connectivity index (χ1n) is 6.94. The monoisotopic (exact) mass is 373 g/mol. The Hall–Kier alpha value is -3.24. The number of benzene rings is 1. The first-order valence-corrected chi connectivity index (χ1v) is 6.94. The molecule has 0 unspecified atom stereocenters. The van der Waals surface area contributed by atoms with E-state index in [0.717, 1.165) is 10.8 Å². The van der Waals surface area contributed by atoms with Gasteiger partial charge in [0.2, 0.25) is 0 Å². The largest absolute Gasteiger partial charge is 0.434 e. The van der Waals surface area contributed by atoms with Gasteiger partial charge in [-0.1, -0.05) is 0 Å². The molecule has 0 bridgehead atoms. The van der Waals surface area contributed by atoms with Gasteiger partial charge in [0.25, 0.3) is 5.56 Å². The number of nitrogens with one attached hydrogen (secondary N) is 1. The van der Waals surface area contributed by atoms with Crippen LogP contribution in [0.4, 0.5) is 22.0 Å². The van der Waals surface area contributed by atoms with Crippen LogP contribution in [0.5, 0.6) is 5.75 Å². The SMILES string of the molecule is O=c1[nH]c(=O)n(-c2cccnc2)c2cc(C(F)(F)F)cc(OC(F)F)c12. The zero-order chi connectivity index (χ0) is 19.1. The third kappa shape index (κ3) is 3.15. The Morgan fingerprint density at radius 1 is 1.19 bits per heavy atom. The number of H-pyrrole nitrogens is 1. The highest BCUT2D eigenvalue weighted by Gasteiger charge is 2.33. The van der Waals surface area contributed by atoms with E-state index in [1.54, 1.807) is 0 Å². The minimum atomic E-state index is -4.92. The average Bonchev–Trinajstić information content (AvgIpc) is 2.53. The molecule has 0 saturated carbocycles. The lowest BCUT2D eigenvalue weighted by Crippen LogP contribution is -2.30. The highest BCUT2D eigenvalue weighted by molar-refractivity contribution is 5.86. The summed E-state index contributed by atoms with van der Waals surface area (Å²) in [6, 6.07) is 3.54. The molecule has 0 amide bonds. The van der Waals surface area contributed by atoms with Crippen LogP contribution in [0.25, 0.3) is 16.6 Å². The minimum absolute atomic E-state index is 0.0288. The zero-order valence-electron chi connectivity index (χ0n) is 12.6. The molecular weight excluding hydrogens is 365 g/mol. The van der Waals surface area contributed by atoms with Gasteiger partial charge in [-0.05, 0) is 24.3 Å². The Labute approximate surface area is 140 Å². The molecule has 0 radical (unpaired) electrons. The van der Waals surface area contributed by atoms with Crippen molar-refractivity contribution in [3.8, 4) is 11.4 Å². The molecule has 11 heteroatoms. The van der Waals surface area contributed by atoms with E-state index in [2.05, 4.69) is 9.72 Å². The predicted molar refractivity (Wildman–Crippen MR) is 79.6 cm³/mol. The van der Waals surface area contributed by atoms with Crippen LogP contribution in [0, 0.1) is 0 Å². The summed E-state index contributed by atoms with van der Waals surface area (Å²) in [5, 5.41) is -0.623. The van der Waals surface area contributed by atoms with Gasteiger partial charge in [0, 0.05) is 6.20 Å². The van der Waals surface area contributed by atoms with Gasteiger partial charge < -0.3 is 4.74 Å². The molecule has 0 saturated heterocycles. The van der Waals surface area contributed by atoms with Crippen molar-refractivity contribution >= 4 is 10.9 Å². The number of fused-ring (bicyclic) bond motifs is 1. The number of aromatic nitrogens is 3. The van der Waals surface area contributed by atoms with Gasteiger partial charge in [-0.2, -0.15) is 22.0 Å². The van der Waals surface area contributed by atoms with E-state index < -0.39 is 46.3 Å². The van der Waals surface area contributed by atoms with E-state index >= 15 is 0 Å². The van der Waals surface area contributed by atoms with Crippen LogP contribution >= 0.6 is 0 Å². The van der Waals surface area contributed by atoms with Crippen LogP contribution in [-0.2, 0) is 6.18 Å². The molecule has 6 nitrogen and oxygen atoms in total. The van der Waals surface area contributed by atoms with Gasteiger partial charge in [0.1, 0.15) is 11.1 Å². The lowest BCUT2D eigenvalue weighted by atomic mass is 10.1. The second-order valence-corrected chi connectivity index (χ2v) is 5.05. The van der Waals surface area contributed by atoms with Crippen LogP contribution in [0.2, 0.25) is 0 Å². The van der Waals surface area contributed by atoms with Gasteiger partial charge in [-0.25, -0.2) is 4.79 Å². The van der Waals surface area contributed by atoms with Crippen molar-refractivity contribution in [3.63, 3.8) is 0 Å². The lowest BCUT2D eigenvalue weighted by Gasteiger charge is -2.15. The number of hydrogen-bond donors (Lipinski definition) is 1. The van der Waals surface area contributed by atoms with Gasteiger partial charge in [-0.3, -0.25) is 19.3 Å².